The number of likely N-dealkylation sites (N-methyl/N-ethyl adjacent to an activating group) is 1. The first kappa shape index (κ1) is 28.4. The number of rotatable bonds is 5. The number of aliphatic hydroxyl groups excluding tert-OH is 1. The molecule has 0 heterocycles. The molecule has 0 fully saturated rings. The van der Waals surface area contributed by atoms with Crippen molar-refractivity contribution in [1.82, 2.24) is 4.90 Å². The molecule has 186 valence electrons. The van der Waals surface area contributed by atoms with Gasteiger partial charge in [-0.25, -0.2) is 4.79 Å². The zero-order valence-electron chi connectivity index (χ0n) is 21.7. The van der Waals surface area contributed by atoms with Crippen LogP contribution in [0.25, 0.3) is 0 Å². The minimum absolute atomic E-state index is 0.0104. The van der Waals surface area contributed by atoms with E-state index in [1.807, 2.05) is 0 Å². The van der Waals surface area contributed by atoms with Gasteiger partial charge in [-0.15, -0.1) is 0 Å². The maximum atomic E-state index is 12.5. The molecule has 0 aromatic heterocycles. The highest BCUT2D eigenvalue weighted by molar-refractivity contribution is 5.81. The lowest BCUT2D eigenvalue weighted by Gasteiger charge is -2.31. The average molecular weight is 466 g/mol. The summed E-state index contributed by atoms with van der Waals surface area (Å²) in [5.41, 5.74) is -1.87. The lowest BCUT2D eigenvalue weighted by Crippen LogP contribution is -2.42. The quantitative estimate of drug-likeness (QED) is 0.488. The van der Waals surface area contributed by atoms with E-state index in [4.69, 9.17) is 14.2 Å². The first-order valence-corrected chi connectivity index (χ1v) is 11.0. The van der Waals surface area contributed by atoms with Crippen molar-refractivity contribution in [2.75, 3.05) is 7.05 Å². The van der Waals surface area contributed by atoms with Gasteiger partial charge in [0.05, 0.1) is 23.0 Å². The van der Waals surface area contributed by atoms with Gasteiger partial charge in [-0.1, -0.05) is 6.07 Å². The molecule has 1 amide bonds. The monoisotopic (exact) mass is 465 g/mol. The van der Waals surface area contributed by atoms with Crippen molar-refractivity contribution in [2.24, 2.45) is 10.8 Å². The molecular formula is C25H39NO7. The fourth-order valence-corrected chi connectivity index (χ4v) is 2.37. The van der Waals surface area contributed by atoms with Crippen LogP contribution >= 0.6 is 0 Å². The van der Waals surface area contributed by atoms with Gasteiger partial charge in [0.25, 0.3) is 0 Å². The maximum Gasteiger partial charge on any atom is 0.410 e. The van der Waals surface area contributed by atoms with E-state index < -0.39 is 46.6 Å². The summed E-state index contributed by atoms with van der Waals surface area (Å²) in [6.45, 7) is 17.2. The van der Waals surface area contributed by atoms with Gasteiger partial charge in [0.1, 0.15) is 5.60 Å². The molecule has 0 bridgehead atoms. The van der Waals surface area contributed by atoms with Crippen molar-refractivity contribution in [3.8, 4) is 11.5 Å². The first-order chi connectivity index (χ1) is 14.7. The Morgan fingerprint density at radius 1 is 0.848 bits per heavy atom. The summed E-state index contributed by atoms with van der Waals surface area (Å²) in [5.74, 6) is -0.948. The molecule has 33 heavy (non-hydrogen) atoms. The number of carbonyl (C=O) groups excluding carboxylic acids is 3. The van der Waals surface area contributed by atoms with E-state index in [1.54, 1.807) is 75.3 Å². The van der Waals surface area contributed by atoms with Crippen LogP contribution < -0.4 is 9.47 Å². The maximum absolute atomic E-state index is 12.5. The lowest BCUT2D eigenvalue weighted by atomic mass is 9.97. The minimum Gasteiger partial charge on any atom is -0.444 e. The van der Waals surface area contributed by atoms with Crippen molar-refractivity contribution in [1.29, 1.82) is 0 Å². The van der Waals surface area contributed by atoms with Gasteiger partial charge < -0.3 is 24.2 Å². The van der Waals surface area contributed by atoms with E-state index in [2.05, 4.69) is 0 Å². The van der Waals surface area contributed by atoms with Crippen LogP contribution in [0.3, 0.4) is 0 Å². The molecule has 8 nitrogen and oxygen atoms in total. The summed E-state index contributed by atoms with van der Waals surface area (Å²) in [7, 11) is 1.53. The highest BCUT2D eigenvalue weighted by Crippen LogP contribution is 2.35. The highest BCUT2D eigenvalue weighted by Gasteiger charge is 2.31. The normalized spacial score (nSPS) is 14.2. The molecule has 0 aliphatic carbocycles. The highest BCUT2D eigenvalue weighted by atomic mass is 16.6. The van der Waals surface area contributed by atoms with E-state index >= 15 is 0 Å². The van der Waals surface area contributed by atoms with E-state index in [1.165, 1.54) is 24.1 Å². The standard InChI is InChI=1S/C25H39NO7/c1-15(26(11)22(30)33-25(8,9)10)19(27)16-12-13-17(31-20(28)23(2,3)4)18(14-16)32-21(29)24(5,6)7/h12-15,19,27H,1-11H3/t15-,19-/m0/s1. The fourth-order valence-electron chi connectivity index (χ4n) is 2.37. The molecule has 1 rings (SSSR count). The summed E-state index contributed by atoms with van der Waals surface area (Å²) in [5, 5.41) is 10.9. The van der Waals surface area contributed by atoms with Crippen LogP contribution in [-0.4, -0.2) is 46.7 Å². The SMILES string of the molecule is C[C@@H]([C@H](O)c1ccc(OC(=O)C(C)(C)C)c(OC(=O)C(C)(C)C)c1)N(C)C(=O)OC(C)(C)C. The van der Waals surface area contributed by atoms with Crippen LogP contribution in [0.2, 0.25) is 0 Å². The van der Waals surface area contributed by atoms with Gasteiger partial charge in [-0.05, 0) is 86.9 Å². The second kappa shape index (κ2) is 10.1. The van der Waals surface area contributed by atoms with Gasteiger partial charge in [0.2, 0.25) is 0 Å². The van der Waals surface area contributed by atoms with E-state index in [-0.39, 0.29) is 11.5 Å². The third-order valence-electron chi connectivity index (χ3n) is 4.69. The average Bonchev–Trinajstić information content (AvgIpc) is 2.64. The van der Waals surface area contributed by atoms with Gasteiger partial charge in [0, 0.05) is 7.05 Å². The molecule has 0 saturated carbocycles. The number of hydrogen-bond acceptors (Lipinski definition) is 7. The Labute approximate surface area is 197 Å². The number of ether oxygens (including phenoxy) is 3. The number of carbonyl (C=O) groups is 3. The van der Waals surface area contributed by atoms with Crippen molar-refractivity contribution >= 4 is 18.0 Å². The molecule has 0 saturated heterocycles. The zero-order chi connectivity index (χ0) is 25.9. The number of esters is 2. The number of nitrogens with zero attached hydrogens (tertiary/aromatic N) is 1. The van der Waals surface area contributed by atoms with Gasteiger partial charge >= 0.3 is 18.0 Å². The molecule has 1 aromatic carbocycles. The zero-order valence-corrected chi connectivity index (χ0v) is 21.7. The van der Waals surface area contributed by atoms with Crippen LogP contribution in [0.4, 0.5) is 4.79 Å². The smallest absolute Gasteiger partial charge is 0.410 e. The van der Waals surface area contributed by atoms with Crippen LogP contribution in [0, 0.1) is 10.8 Å². The Balaban J connectivity index is 3.28. The van der Waals surface area contributed by atoms with Gasteiger partial charge in [-0.2, -0.15) is 0 Å². The second-order valence-electron chi connectivity index (χ2n) is 11.3. The number of hydrogen-bond donors (Lipinski definition) is 1. The minimum atomic E-state index is -1.12. The fraction of sp³-hybridized carbons (Fsp3) is 0.640. The summed E-state index contributed by atoms with van der Waals surface area (Å²) in [4.78, 5) is 38.6. The van der Waals surface area contributed by atoms with Crippen LogP contribution in [-0.2, 0) is 14.3 Å². The molecule has 0 aliphatic rings. The summed E-state index contributed by atoms with van der Waals surface area (Å²) < 4.78 is 16.4. The Kier molecular flexibility index (Phi) is 8.71. The topological polar surface area (TPSA) is 102 Å². The Hall–Kier alpha value is -2.61. The molecule has 8 heteroatoms. The third-order valence-corrected chi connectivity index (χ3v) is 4.69. The first-order valence-electron chi connectivity index (χ1n) is 11.0. The van der Waals surface area contributed by atoms with Gasteiger partial charge in [-0.3, -0.25) is 9.59 Å². The summed E-state index contributed by atoms with van der Waals surface area (Å²) >= 11 is 0. The van der Waals surface area contributed by atoms with Crippen LogP contribution in [0.1, 0.15) is 80.9 Å². The number of aliphatic hydroxyl groups is 1. The van der Waals surface area contributed by atoms with Crippen molar-refractivity contribution < 1.29 is 33.7 Å². The molecule has 0 spiro atoms. The predicted molar refractivity (Wildman–Crippen MR) is 125 cm³/mol. The number of amides is 1. The van der Waals surface area contributed by atoms with Crippen LogP contribution in [0.15, 0.2) is 18.2 Å². The largest absolute Gasteiger partial charge is 0.444 e. The molecule has 0 radical (unpaired) electrons. The molecule has 2 atom stereocenters. The van der Waals surface area contributed by atoms with E-state index in [0.29, 0.717) is 5.56 Å². The molecule has 1 aromatic rings. The molecule has 1 N–H and O–H groups in total. The van der Waals surface area contributed by atoms with Gasteiger partial charge in [0.15, 0.2) is 11.5 Å². The summed E-state index contributed by atoms with van der Waals surface area (Å²) in [6.07, 6.45) is -1.70. The molecular weight excluding hydrogens is 426 g/mol. The van der Waals surface area contributed by atoms with Crippen molar-refractivity contribution in [3.05, 3.63) is 23.8 Å². The van der Waals surface area contributed by atoms with E-state index in [0.717, 1.165) is 0 Å². The third kappa shape index (κ3) is 8.35. The van der Waals surface area contributed by atoms with Crippen molar-refractivity contribution in [2.45, 2.75) is 87.0 Å². The molecule has 0 aliphatic heterocycles. The Morgan fingerprint density at radius 2 is 1.30 bits per heavy atom. The predicted octanol–water partition coefficient (Wildman–Crippen LogP) is 4.88. The Bertz CT molecular complexity index is 872. The number of benzene rings is 1. The van der Waals surface area contributed by atoms with E-state index in [9.17, 15) is 19.5 Å². The van der Waals surface area contributed by atoms with Crippen LogP contribution in [0.5, 0.6) is 11.5 Å². The second-order valence-corrected chi connectivity index (χ2v) is 11.3. The Morgan fingerprint density at radius 3 is 1.73 bits per heavy atom. The summed E-state index contributed by atoms with van der Waals surface area (Å²) in [6, 6.07) is 3.81. The molecule has 0 unspecified atom stereocenters. The van der Waals surface area contributed by atoms with Crippen molar-refractivity contribution in [3.63, 3.8) is 0 Å². The lowest BCUT2D eigenvalue weighted by molar-refractivity contribution is -0.145.